The SMILES string of the molecule is COCc1cccc(C(=O)NCc2ccccc2CN2C[C@@H](C)O[C@H](C)C2)c1. The predicted molar refractivity (Wildman–Crippen MR) is 110 cm³/mol. The van der Waals surface area contributed by atoms with Crippen molar-refractivity contribution >= 4 is 5.91 Å². The van der Waals surface area contributed by atoms with E-state index in [0.717, 1.165) is 30.8 Å². The monoisotopic (exact) mass is 382 g/mol. The fraction of sp³-hybridized carbons (Fsp3) is 0.435. The number of hydrogen-bond donors (Lipinski definition) is 1. The van der Waals surface area contributed by atoms with Crippen LogP contribution in [0.4, 0.5) is 0 Å². The molecule has 0 bridgehead atoms. The standard InChI is InChI=1S/C23H30N2O3/c1-17-13-25(14-18(2)28-17)15-22-9-5-4-8-21(22)12-24-23(26)20-10-6-7-19(11-20)16-27-3/h4-11,17-18H,12-16H2,1-3H3,(H,24,26)/t17-,18-/m1/s1. The molecule has 1 fully saturated rings. The van der Waals surface area contributed by atoms with Gasteiger partial charge in [0.2, 0.25) is 0 Å². The Labute approximate surface area is 167 Å². The van der Waals surface area contributed by atoms with E-state index >= 15 is 0 Å². The summed E-state index contributed by atoms with van der Waals surface area (Å²) in [5.74, 6) is -0.0682. The second-order valence-electron chi connectivity index (χ2n) is 7.54. The second kappa shape index (κ2) is 9.82. The summed E-state index contributed by atoms with van der Waals surface area (Å²) in [6.07, 6.45) is 0.491. The molecule has 0 aromatic heterocycles. The Hall–Kier alpha value is -2.21. The minimum Gasteiger partial charge on any atom is -0.380 e. The molecule has 5 nitrogen and oxygen atoms in total. The summed E-state index contributed by atoms with van der Waals surface area (Å²) in [5.41, 5.74) is 4.04. The van der Waals surface area contributed by atoms with Gasteiger partial charge >= 0.3 is 0 Å². The third-order valence-electron chi connectivity index (χ3n) is 4.95. The van der Waals surface area contributed by atoms with Gasteiger partial charge in [0.25, 0.3) is 5.91 Å². The van der Waals surface area contributed by atoms with Gasteiger partial charge in [-0.15, -0.1) is 0 Å². The van der Waals surface area contributed by atoms with Crippen molar-refractivity contribution in [3.63, 3.8) is 0 Å². The smallest absolute Gasteiger partial charge is 0.251 e. The molecule has 1 heterocycles. The zero-order valence-corrected chi connectivity index (χ0v) is 17.0. The first kappa shape index (κ1) is 20.5. The van der Waals surface area contributed by atoms with Gasteiger partial charge in [0.15, 0.2) is 0 Å². The van der Waals surface area contributed by atoms with Gasteiger partial charge in [0.05, 0.1) is 18.8 Å². The zero-order chi connectivity index (χ0) is 19.9. The average Bonchev–Trinajstić information content (AvgIpc) is 2.67. The molecule has 0 radical (unpaired) electrons. The van der Waals surface area contributed by atoms with Gasteiger partial charge in [0, 0.05) is 38.9 Å². The summed E-state index contributed by atoms with van der Waals surface area (Å²) in [6, 6.07) is 15.9. The molecule has 28 heavy (non-hydrogen) atoms. The van der Waals surface area contributed by atoms with Crippen LogP contribution in [0.3, 0.4) is 0 Å². The first-order valence-corrected chi connectivity index (χ1v) is 9.86. The average molecular weight is 383 g/mol. The van der Waals surface area contributed by atoms with Crippen molar-refractivity contribution in [2.24, 2.45) is 0 Å². The third-order valence-corrected chi connectivity index (χ3v) is 4.95. The van der Waals surface area contributed by atoms with E-state index in [1.165, 1.54) is 5.56 Å². The van der Waals surface area contributed by atoms with Crippen molar-refractivity contribution in [3.8, 4) is 0 Å². The molecule has 5 heteroatoms. The van der Waals surface area contributed by atoms with Crippen LogP contribution < -0.4 is 5.32 Å². The highest BCUT2D eigenvalue weighted by atomic mass is 16.5. The van der Waals surface area contributed by atoms with Gasteiger partial charge in [-0.05, 0) is 42.7 Å². The summed E-state index contributed by atoms with van der Waals surface area (Å²) in [4.78, 5) is 15.0. The number of rotatable bonds is 7. The van der Waals surface area contributed by atoms with Gasteiger partial charge in [-0.1, -0.05) is 36.4 Å². The quantitative estimate of drug-likeness (QED) is 0.798. The van der Waals surface area contributed by atoms with E-state index < -0.39 is 0 Å². The van der Waals surface area contributed by atoms with Crippen LogP contribution in [-0.2, 0) is 29.2 Å². The highest BCUT2D eigenvalue weighted by Crippen LogP contribution is 2.17. The largest absolute Gasteiger partial charge is 0.380 e. The molecule has 1 saturated heterocycles. The van der Waals surface area contributed by atoms with Crippen molar-refractivity contribution in [1.29, 1.82) is 0 Å². The van der Waals surface area contributed by atoms with E-state index in [0.29, 0.717) is 18.7 Å². The van der Waals surface area contributed by atoms with E-state index in [1.54, 1.807) is 7.11 Å². The van der Waals surface area contributed by atoms with Crippen LogP contribution in [0, 0.1) is 0 Å². The Morgan fingerprint density at radius 2 is 1.82 bits per heavy atom. The van der Waals surface area contributed by atoms with E-state index in [1.807, 2.05) is 30.3 Å². The van der Waals surface area contributed by atoms with Crippen LogP contribution in [0.25, 0.3) is 0 Å². The molecule has 1 aliphatic heterocycles. The number of benzene rings is 2. The van der Waals surface area contributed by atoms with Crippen molar-refractivity contribution < 1.29 is 14.3 Å². The molecule has 150 valence electrons. The Kier molecular flexibility index (Phi) is 7.20. The molecular formula is C23H30N2O3. The number of ether oxygens (including phenoxy) is 2. The van der Waals surface area contributed by atoms with Crippen LogP contribution >= 0.6 is 0 Å². The lowest BCUT2D eigenvalue weighted by atomic mass is 10.1. The van der Waals surface area contributed by atoms with E-state index in [2.05, 4.69) is 42.3 Å². The van der Waals surface area contributed by atoms with Gasteiger partial charge in [-0.25, -0.2) is 0 Å². The normalized spacial score (nSPS) is 20.1. The lowest BCUT2D eigenvalue weighted by Gasteiger charge is -2.35. The third kappa shape index (κ3) is 5.64. The van der Waals surface area contributed by atoms with Gasteiger partial charge in [-0.2, -0.15) is 0 Å². The van der Waals surface area contributed by atoms with E-state index in [9.17, 15) is 4.79 Å². The number of nitrogens with zero attached hydrogens (tertiary/aromatic N) is 1. The minimum atomic E-state index is -0.0682. The summed E-state index contributed by atoms with van der Waals surface area (Å²) in [5, 5.41) is 3.06. The van der Waals surface area contributed by atoms with Crippen LogP contribution in [0.2, 0.25) is 0 Å². The maximum Gasteiger partial charge on any atom is 0.251 e. The molecule has 0 unspecified atom stereocenters. The molecule has 0 spiro atoms. The van der Waals surface area contributed by atoms with Gasteiger partial charge in [-0.3, -0.25) is 9.69 Å². The molecule has 2 aromatic rings. The highest BCUT2D eigenvalue weighted by Gasteiger charge is 2.22. The molecule has 1 aliphatic rings. The molecular weight excluding hydrogens is 352 g/mol. The summed E-state index contributed by atoms with van der Waals surface area (Å²) in [7, 11) is 1.65. The predicted octanol–water partition coefficient (Wildman–Crippen LogP) is 3.37. The van der Waals surface area contributed by atoms with Crippen LogP contribution in [0.5, 0.6) is 0 Å². The van der Waals surface area contributed by atoms with Gasteiger partial charge < -0.3 is 14.8 Å². The Balaban J connectivity index is 1.63. The summed E-state index contributed by atoms with van der Waals surface area (Å²) in [6.45, 7) is 7.97. The number of carbonyl (C=O) groups is 1. The fourth-order valence-electron chi connectivity index (χ4n) is 3.79. The van der Waals surface area contributed by atoms with Crippen molar-refractivity contribution in [2.45, 2.75) is 45.8 Å². The molecule has 1 amide bonds. The second-order valence-corrected chi connectivity index (χ2v) is 7.54. The Morgan fingerprint density at radius 3 is 2.54 bits per heavy atom. The summed E-state index contributed by atoms with van der Waals surface area (Å²) < 4.78 is 11.0. The van der Waals surface area contributed by atoms with Crippen LogP contribution in [0.1, 0.15) is 40.9 Å². The van der Waals surface area contributed by atoms with E-state index in [4.69, 9.17) is 9.47 Å². The maximum absolute atomic E-state index is 12.6. The minimum absolute atomic E-state index is 0.0682. The number of nitrogens with one attached hydrogen (secondary N) is 1. The Bertz CT molecular complexity index is 783. The van der Waals surface area contributed by atoms with E-state index in [-0.39, 0.29) is 18.1 Å². The molecule has 3 rings (SSSR count). The number of morpholine rings is 1. The van der Waals surface area contributed by atoms with Crippen molar-refractivity contribution in [3.05, 3.63) is 70.8 Å². The fourth-order valence-corrected chi connectivity index (χ4v) is 3.79. The first-order valence-electron chi connectivity index (χ1n) is 9.86. The zero-order valence-electron chi connectivity index (χ0n) is 17.0. The topological polar surface area (TPSA) is 50.8 Å². The maximum atomic E-state index is 12.6. The first-order chi connectivity index (χ1) is 13.5. The molecule has 0 saturated carbocycles. The Morgan fingerprint density at radius 1 is 1.11 bits per heavy atom. The lowest BCUT2D eigenvalue weighted by molar-refractivity contribution is -0.0705. The molecule has 1 N–H and O–H groups in total. The number of carbonyl (C=O) groups excluding carboxylic acids is 1. The highest BCUT2D eigenvalue weighted by molar-refractivity contribution is 5.94. The van der Waals surface area contributed by atoms with Crippen LogP contribution in [-0.4, -0.2) is 43.2 Å². The van der Waals surface area contributed by atoms with Gasteiger partial charge in [0.1, 0.15) is 0 Å². The van der Waals surface area contributed by atoms with Crippen LogP contribution in [0.15, 0.2) is 48.5 Å². The number of methoxy groups -OCH3 is 1. The molecule has 2 aromatic carbocycles. The number of hydrogen-bond acceptors (Lipinski definition) is 4. The van der Waals surface area contributed by atoms with Crippen molar-refractivity contribution in [1.82, 2.24) is 10.2 Å². The van der Waals surface area contributed by atoms with Crippen molar-refractivity contribution in [2.75, 3.05) is 20.2 Å². The number of amides is 1. The molecule has 0 aliphatic carbocycles. The summed E-state index contributed by atoms with van der Waals surface area (Å²) >= 11 is 0. The molecule has 2 atom stereocenters. The lowest BCUT2D eigenvalue weighted by Crippen LogP contribution is -2.45.